The van der Waals surface area contributed by atoms with E-state index in [1.165, 1.54) is 116 Å². The first kappa shape index (κ1) is 49.8. The van der Waals surface area contributed by atoms with Gasteiger partial charge >= 0.3 is 0 Å². The molecule has 51 heavy (non-hydrogen) atoms. The van der Waals surface area contributed by atoms with Gasteiger partial charge in [0.1, 0.15) is 37.3 Å². The van der Waals surface area contributed by atoms with E-state index in [2.05, 4.69) is 12.2 Å². The Hall–Kier alpha value is -1.18. The zero-order chi connectivity index (χ0) is 38.1. The number of aliphatic hydroxyl groups is 6. The summed E-state index contributed by atoms with van der Waals surface area (Å²) in [4.78, 5) is 20.8. The van der Waals surface area contributed by atoms with Gasteiger partial charge in [-0.1, -0.05) is 162 Å². The van der Waals surface area contributed by atoms with Gasteiger partial charge in [-0.25, -0.2) is 0 Å². The molecule has 0 bridgehead atoms. The molecular formula is C40H79NO10. The van der Waals surface area contributed by atoms with E-state index in [9.17, 15) is 35.4 Å². The highest BCUT2D eigenvalue weighted by molar-refractivity contribution is 5.76. The molecule has 8 atom stereocenters. The molecule has 0 saturated carbocycles. The number of hydrogen-bond acceptors (Lipinski definition) is 10. The first-order chi connectivity index (χ1) is 24.8. The molecule has 0 aliphatic carbocycles. The fourth-order valence-corrected chi connectivity index (χ4v) is 6.67. The molecule has 0 aromatic carbocycles. The molecule has 304 valence electrons. The van der Waals surface area contributed by atoms with E-state index in [0.29, 0.717) is 6.42 Å². The second-order valence-electron chi connectivity index (χ2n) is 14.6. The molecule has 1 saturated heterocycles. The molecule has 7 N–H and O–H groups in total. The second-order valence-corrected chi connectivity index (χ2v) is 14.6. The van der Waals surface area contributed by atoms with E-state index in [0.717, 1.165) is 38.5 Å². The number of nitrogens with one attached hydrogen (secondary N) is 1. The van der Waals surface area contributed by atoms with Crippen molar-refractivity contribution in [2.75, 3.05) is 13.2 Å². The molecule has 11 nitrogen and oxygen atoms in total. The van der Waals surface area contributed by atoms with Crippen LogP contribution in [0.25, 0.3) is 0 Å². The molecule has 0 aromatic heterocycles. The van der Waals surface area contributed by atoms with E-state index in [1.54, 1.807) is 0 Å². The minimum absolute atomic E-state index is 0.264. The Morgan fingerprint density at radius 3 is 1.49 bits per heavy atom. The standard InChI is InChI=1S/C39H77NO9.CH2O/c1-3-5-7-8-9-10-11-12-13-14-15-16-17-18-19-20-21-22-23-24-26-28-34(43)40-31(35(44)32(42)27-25-6-4-2)30-48-39-38(47)37(46)36(45)33(29-41)49-39;1-2/h31-33,35-39,41-42,44-47H,3-30H2,1-2H3,(H,40,43);1H2/t31-,32+,33?,35-,36?,37?,38?,39?;/m0./s1. The first-order valence-corrected chi connectivity index (χ1v) is 20.6. The lowest BCUT2D eigenvalue weighted by Gasteiger charge is -2.40. The second kappa shape index (κ2) is 34.6. The molecule has 11 heteroatoms. The van der Waals surface area contributed by atoms with Gasteiger partial charge in [0.25, 0.3) is 0 Å². The van der Waals surface area contributed by atoms with Crippen LogP contribution in [0.4, 0.5) is 0 Å². The quantitative estimate of drug-likeness (QED) is 0.0394. The van der Waals surface area contributed by atoms with Crippen molar-refractivity contribution in [3.05, 3.63) is 0 Å². The topological polar surface area (TPSA) is 186 Å². The summed E-state index contributed by atoms with van der Waals surface area (Å²) in [6, 6.07) is -0.980. The van der Waals surface area contributed by atoms with Crippen LogP contribution in [0.5, 0.6) is 0 Å². The summed E-state index contributed by atoms with van der Waals surface area (Å²) in [5.41, 5.74) is 0. The minimum atomic E-state index is -1.60. The van der Waals surface area contributed by atoms with Crippen molar-refractivity contribution in [2.45, 2.75) is 230 Å². The molecule has 1 rings (SSSR count). The third-order valence-corrected chi connectivity index (χ3v) is 10.1. The Kier molecular flexibility index (Phi) is 33.8. The van der Waals surface area contributed by atoms with Gasteiger partial charge in [-0.05, 0) is 12.8 Å². The van der Waals surface area contributed by atoms with E-state index < -0.39 is 55.6 Å². The maximum absolute atomic E-state index is 12.8. The number of carbonyl (C=O) groups excluding carboxylic acids is 2. The fourth-order valence-electron chi connectivity index (χ4n) is 6.67. The van der Waals surface area contributed by atoms with Crippen molar-refractivity contribution in [2.24, 2.45) is 0 Å². The lowest BCUT2D eigenvalue weighted by molar-refractivity contribution is -0.303. The number of aliphatic hydroxyl groups excluding tert-OH is 6. The average molecular weight is 734 g/mol. The maximum Gasteiger partial charge on any atom is 0.220 e. The molecule has 1 aliphatic rings. The van der Waals surface area contributed by atoms with Crippen molar-refractivity contribution in [3.8, 4) is 0 Å². The number of carbonyl (C=O) groups is 2. The number of amides is 1. The zero-order valence-corrected chi connectivity index (χ0v) is 32.4. The van der Waals surface area contributed by atoms with Gasteiger partial charge in [0.2, 0.25) is 5.91 Å². The maximum atomic E-state index is 12.8. The van der Waals surface area contributed by atoms with Crippen molar-refractivity contribution >= 4 is 12.7 Å². The predicted molar refractivity (Wildman–Crippen MR) is 202 cm³/mol. The Labute approximate surface area is 310 Å². The first-order valence-electron chi connectivity index (χ1n) is 20.6. The Morgan fingerprint density at radius 2 is 1.06 bits per heavy atom. The number of rotatable bonds is 33. The van der Waals surface area contributed by atoms with E-state index in [1.807, 2.05) is 13.7 Å². The van der Waals surface area contributed by atoms with Crippen LogP contribution >= 0.6 is 0 Å². The summed E-state index contributed by atoms with van der Waals surface area (Å²) in [7, 11) is 0. The fraction of sp³-hybridized carbons (Fsp3) is 0.950. The summed E-state index contributed by atoms with van der Waals surface area (Å²) in [5.74, 6) is -0.264. The monoisotopic (exact) mass is 734 g/mol. The molecule has 5 unspecified atom stereocenters. The molecule has 1 amide bonds. The number of unbranched alkanes of at least 4 members (excludes halogenated alkanes) is 22. The zero-order valence-electron chi connectivity index (χ0n) is 32.4. The highest BCUT2D eigenvalue weighted by atomic mass is 16.7. The van der Waals surface area contributed by atoms with E-state index in [4.69, 9.17) is 14.3 Å². The van der Waals surface area contributed by atoms with Crippen molar-refractivity contribution in [1.82, 2.24) is 5.32 Å². The van der Waals surface area contributed by atoms with Crippen LogP contribution in [-0.2, 0) is 19.1 Å². The van der Waals surface area contributed by atoms with Crippen LogP contribution in [0.2, 0.25) is 0 Å². The van der Waals surface area contributed by atoms with Crippen molar-refractivity contribution in [1.29, 1.82) is 0 Å². The average Bonchev–Trinajstić information content (AvgIpc) is 3.14. The minimum Gasteiger partial charge on any atom is -0.394 e. The highest BCUT2D eigenvalue weighted by Crippen LogP contribution is 2.23. The third kappa shape index (κ3) is 24.7. The van der Waals surface area contributed by atoms with Crippen LogP contribution in [0.3, 0.4) is 0 Å². The molecule has 1 heterocycles. The van der Waals surface area contributed by atoms with Crippen LogP contribution < -0.4 is 5.32 Å². The summed E-state index contributed by atoms with van der Waals surface area (Å²) < 4.78 is 11.0. The summed E-state index contributed by atoms with van der Waals surface area (Å²) in [5, 5.41) is 64.1. The van der Waals surface area contributed by atoms with E-state index >= 15 is 0 Å². The molecule has 0 radical (unpaired) electrons. The van der Waals surface area contributed by atoms with Gasteiger partial charge in [0.15, 0.2) is 6.29 Å². The summed E-state index contributed by atoms with van der Waals surface area (Å²) in [6.45, 7) is 5.42. The normalized spacial score (nSPS) is 22.2. The van der Waals surface area contributed by atoms with Gasteiger partial charge in [-0.2, -0.15) is 0 Å². The number of ether oxygens (including phenoxy) is 2. The van der Waals surface area contributed by atoms with Crippen LogP contribution in [0.1, 0.15) is 181 Å². The Balaban J connectivity index is 0.0000123. The van der Waals surface area contributed by atoms with Crippen LogP contribution in [-0.4, -0.2) is 106 Å². The number of hydrogen-bond donors (Lipinski definition) is 7. The summed E-state index contributed by atoms with van der Waals surface area (Å²) in [6.07, 6.45) is 20.8. The van der Waals surface area contributed by atoms with Crippen LogP contribution in [0.15, 0.2) is 0 Å². The van der Waals surface area contributed by atoms with Gasteiger partial charge in [0.05, 0.1) is 25.4 Å². The molecule has 1 fully saturated rings. The van der Waals surface area contributed by atoms with Crippen molar-refractivity contribution in [3.63, 3.8) is 0 Å². The molecule has 1 aliphatic heterocycles. The molecule has 0 spiro atoms. The van der Waals surface area contributed by atoms with Gasteiger partial charge in [0, 0.05) is 6.42 Å². The van der Waals surface area contributed by atoms with Crippen molar-refractivity contribution < 1.29 is 49.7 Å². The smallest absolute Gasteiger partial charge is 0.220 e. The molecule has 0 aromatic rings. The lowest BCUT2D eigenvalue weighted by atomic mass is 9.99. The lowest BCUT2D eigenvalue weighted by Crippen LogP contribution is -2.60. The molecular weight excluding hydrogens is 654 g/mol. The van der Waals surface area contributed by atoms with Gasteiger partial charge in [-0.15, -0.1) is 0 Å². The Bertz CT molecular complexity index is 776. The third-order valence-electron chi connectivity index (χ3n) is 10.1. The predicted octanol–water partition coefficient (Wildman–Crippen LogP) is 6.01. The van der Waals surface area contributed by atoms with E-state index in [-0.39, 0.29) is 18.9 Å². The summed E-state index contributed by atoms with van der Waals surface area (Å²) >= 11 is 0. The SMILES string of the molecule is C=O.CCCCCCCCCCCCCCCCCCCCCCCC(=O)N[C@@H](COC1OC(CO)C(O)C(O)C1O)[C@H](O)[C@H](O)CCCCC. The highest BCUT2D eigenvalue weighted by Gasteiger charge is 2.44. The van der Waals surface area contributed by atoms with Gasteiger partial charge in [-0.3, -0.25) is 4.79 Å². The van der Waals surface area contributed by atoms with Crippen LogP contribution in [0, 0.1) is 0 Å². The Morgan fingerprint density at radius 1 is 0.647 bits per heavy atom. The van der Waals surface area contributed by atoms with Gasteiger partial charge < -0.3 is 50.2 Å². The largest absolute Gasteiger partial charge is 0.394 e.